The first kappa shape index (κ1) is 18.4. The highest BCUT2D eigenvalue weighted by atomic mass is 127. The monoisotopic (exact) mass is 476 g/mol. The molecule has 1 fully saturated rings. The van der Waals surface area contributed by atoms with Crippen LogP contribution in [-0.2, 0) is 9.59 Å². The first-order valence-corrected chi connectivity index (χ1v) is 9.62. The summed E-state index contributed by atoms with van der Waals surface area (Å²) < 4.78 is 1.02. The van der Waals surface area contributed by atoms with Crippen LogP contribution in [0.3, 0.4) is 0 Å². The second-order valence-electron chi connectivity index (χ2n) is 5.34. The van der Waals surface area contributed by atoms with Crippen LogP contribution < -0.4 is 10.2 Å². The maximum atomic E-state index is 12.7. The molecule has 1 atom stereocenters. The summed E-state index contributed by atoms with van der Waals surface area (Å²) in [5.74, 6) is -0.563. The standard InChI is InChI=1S/C18H13IN4O2S/c19-12-6-8-14(9-7-12)23-16(24)10-15(17(23)25)26-18(21-11-20)22-13-4-2-1-3-5-13/h1-9,15H,10H2,(H,21,22)/t15-/m1/s1. The molecule has 0 radical (unpaired) electrons. The molecule has 2 amide bonds. The zero-order valence-corrected chi connectivity index (χ0v) is 16.4. The Labute approximate surface area is 168 Å². The van der Waals surface area contributed by atoms with Gasteiger partial charge in [0.15, 0.2) is 11.4 Å². The summed E-state index contributed by atoms with van der Waals surface area (Å²) in [6.07, 6.45) is 1.89. The van der Waals surface area contributed by atoms with Gasteiger partial charge in [0.05, 0.1) is 11.4 Å². The van der Waals surface area contributed by atoms with Gasteiger partial charge in [-0.05, 0) is 59.0 Å². The van der Waals surface area contributed by atoms with Crippen molar-refractivity contribution in [3.8, 4) is 6.19 Å². The van der Waals surface area contributed by atoms with Crippen molar-refractivity contribution in [2.45, 2.75) is 11.7 Å². The Morgan fingerprint density at radius 3 is 2.54 bits per heavy atom. The van der Waals surface area contributed by atoms with Crippen molar-refractivity contribution in [1.82, 2.24) is 5.32 Å². The van der Waals surface area contributed by atoms with Crippen LogP contribution in [0.5, 0.6) is 0 Å². The summed E-state index contributed by atoms with van der Waals surface area (Å²) in [7, 11) is 0. The number of thioether (sulfide) groups is 1. The molecular weight excluding hydrogens is 463 g/mol. The number of para-hydroxylation sites is 1. The third-order valence-corrected chi connectivity index (χ3v) is 5.38. The van der Waals surface area contributed by atoms with Crippen molar-refractivity contribution in [3.05, 3.63) is 58.2 Å². The molecule has 1 heterocycles. The molecule has 3 rings (SSSR count). The van der Waals surface area contributed by atoms with E-state index in [-0.39, 0.29) is 23.4 Å². The number of hydrogen-bond acceptors (Lipinski definition) is 5. The van der Waals surface area contributed by atoms with E-state index in [1.807, 2.05) is 36.5 Å². The molecule has 130 valence electrons. The third kappa shape index (κ3) is 4.23. The topological polar surface area (TPSA) is 85.6 Å². The number of amidine groups is 1. The van der Waals surface area contributed by atoms with Crippen LogP contribution in [0.25, 0.3) is 0 Å². The number of halogens is 1. The number of carbonyl (C=O) groups excluding carboxylic acids is 2. The molecule has 2 aromatic rings. The molecule has 0 unspecified atom stereocenters. The number of aliphatic imine (C=N–C) groups is 1. The lowest BCUT2D eigenvalue weighted by atomic mass is 10.3. The Morgan fingerprint density at radius 1 is 1.19 bits per heavy atom. The molecule has 8 heteroatoms. The fraction of sp³-hybridized carbons (Fsp3) is 0.111. The van der Waals surface area contributed by atoms with Crippen LogP contribution in [0, 0.1) is 15.0 Å². The van der Waals surface area contributed by atoms with Crippen molar-refractivity contribution in [2.24, 2.45) is 4.99 Å². The lowest BCUT2D eigenvalue weighted by molar-refractivity contribution is -0.121. The van der Waals surface area contributed by atoms with Crippen molar-refractivity contribution in [2.75, 3.05) is 4.90 Å². The minimum absolute atomic E-state index is 0.0659. The minimum Gasteiger partial charge on any atom is -0.274 e. The van der Waals surface area contributed by atoms with Gasteiger partial charge in [0.1, 0.15) is 5.25 Å². The zero-order chi connectivity index (χ0) is 18.5. The van der Waals surface area contributed by atoms with Gasteiger partial charge in [-0.1, -0.05) is 30.0 Å². The molecule has 0 bridgehead atoms. The van der Waals surface area contributed by atoms with Gasteiger partial charge in [-0.25, -0.2) is 9.89 Å². The van der Waals surface area contributed by atoms with Gasteiger partial charge in [0.25, 0.3) is 0 Å². The highest BCUT2D eigenvalue weighted by Crippen LogP contribution is 2.31. The molecule has 0 aliphatic carbocycles. The average molecular weight is 476 g/mol. The highest BCUT2D eigenvalue weighted by Gasteiger charge is 2.40. The van der Waals surface area contributed by atoms with Crippen LogP contribution in [0.1, 0.15) is 6.42 Å². The molecule has 2 aromatic carbocycles. The number of nitrogens with zero attached hydrogens (tertiary/aromatic N) is 3. The van der Waals surface area contributed by atoms with Gasteiger partial charge >= 0.3 is 0 Å². The first-order chi connectivity index (χ1) is 12.6. The normalized spacial score (nSPS) is 17.3. The maximum Gasteiger partial charge on any atom is 0.247 e. The van der Waals surface area contributed by atoms with Gasteiger partial charge in [0.2, 0.25) is 11.8 Å². The van der Waals surface area contributed by atoms with Crippen molar-refractivity contribution >= 4 is 62.7 Å². The van der Waals surface area contributed by atoms with Gasteiger partial charge in [-0.2, -0.15) is 5.26 Å². The number of anilines is 1. The fourth-order valence-electron chi connectivity index (χ4n) is 2.44. The Bertz CT molecular complexity index is 894. The quantitative estimate of drug-likeness (QED) is 0.183. The van der Waals surface area contributed by atoms with E-state index in [1.54, 1.807) is 24.3 Å². The van der Waals surface area contributed by atoms with Gasteiger partial charge < -0.3 is 0 Å². The highest BCUT2D eigenvalue weighted by molar-refractivity contribution is 14.1. The smallest absolute Gasteiger partial charge is 0.247 e. The molecule has 1 saturated heterocycles. The van der Waals surface area contributed by atoms with Crippen molar-refractivity contribution in [1.29, 1.82) is 5.26 Å². The van der Waals surface area contributed by atoms with E-state index in [1.165, 1.54) is 4.90 Å². The van der Waals surface area contributed by atoms with Crippen LogP contribution in [0.2, 0.25) is 0 Å². The maximum absolute atomic E-state index is 12.7. The lowest BCUT2D eigenvalue weighted by Gasteiger charge is -2.15. The predicted molar refractivity (Wildman–Crippen MR) is 110 cm³/mol. The van der Waals surface area contributed by atoms with E-state index < -0.39 is 5.25 Å². The van der Waals surface area contributed by atoms with Crippen molar-refractivity contribution < 1.29 is 9.59 Å². The molecule has 0 spiro atoms. The van der Waals surface area contributed by atoms with Gasteiger partial charge in [-0.15, -0.1) is 0 Å². The van der Waals surface area contributed by atoms with E-state index in [2.05, 4.69) is 32.9 Å². The van der Waals surface area contributed by atoms with E-state index in [0.717, 1.165) is 15.3 Å². The molecule has 1 aliphatic heterocycles. The summed E-state index contributed by atoms with van der Waals surface area (Å²) in [6, 6.07) is 16.3. The molecule has 1 aliphatic rings. The number of nitrogens with one attached hydrogen (secondary N) is 1. The number of imide groups is 1. The third-order valence-electron chi connectivity index (χ3n) is 3.59. The summed E-state index contributed by atoms with van der Waals surface area (Å²) in [4.78, 5) is 30.6. The lowest BCUT2D eigenvalue weighted by Crippen LogP contribution is -2.32. The second kappa shape index (κ2) is 8.33. The molecule has 0 aromatic heterocycles. The summed E-state index contributed by atoms with van der Waals surface area (Å²) in [5, 5.41) is 11.1. The molecule has 1 N–H and O–H groups in total. The van der Waals surface area contributed by atoms with Gasteiger partial charge in [-0.3, -0.25) is 14.9 Å². The summed E-state index contributed by atoms with van der Waals surface area (Å²) in [6.45, 7) is 0. The Hall–Kier alpha value is -2.38. The number of rotatable bonds is 3. The van der Waals surface area contributed by atoms with E-state index >= 15 is 0 Å². The number of nitriles is 1. The van der Waals surface area contributed by atoms with Crippen molar-refractivity contribution in [3.63, 3.8) is 0 Å². The van der Waals surface area contributed by atoms with Crippen LogP contribution in [-0.4, -0.2) is 22.2 Å². The Morgan fingerprint density at radius 2 is 1.88 bits per heavy atom. The van der Waals surface area contributed by atoms with E-state index in [4.69, 9.17) is 5.26 Å². The SMILES string of the molecule is N#CNC(=Nc1ccccc1)S[C@@H]1CC(=O)N(c2ccc(I)cc2)C1=O. The zero-order valence-electron chi connectivity index (χ0n) is 13.4. The Balaban J connectivity index is 1.80. The van der Waals surface area contributed by atoms with Crippen LogP contribution >= 0.6 is 34.4 Å². The average Bonchev–Trinajstić information content (AvgIpc) is 2.91. The van der Waals surface area contributed by atoms with E-state index in [9.17, 15) is 9.59 Å². The predicted octanol–water partition coefficient (Wildman–Crippen LogP) is 3.41. The van der Waals surface area contributed by atoms with Crippen LogP contribution in [0.15, 0.2) is 59.6 Å². The van der Waals surface area contributed by atoms with Crippen LogP contribution in [0.4, 0.5) is 11.4 Å². The van der Waals surface area contributed by atoms with Gasteiger partial charge in [0, 0.05) is 9.99 Å². The molecular formula is C18H13IN4O2S. The summed E-state index contributed by atoms with van der Waals surface area (Å²) >= 11 is 3.25. The second-order valence-corrected chi connectivity index (χ2v) is 7.78. The molecule has 6 nitrogen and oxygen atoms in total. The molecule has 26 heavy (non-hydrogen) atoms. The Kier molecular flexibility index (Phi) is 5.90. The van der Waals surface area contributed by atoms with E-state index in [0.29, 0.717) is 11.4 Å². The largest absolute Gasteiger partial charge is 0.274 e. The fourth-order valence-corrected chi connectivity index (χ4v) is 3.77. The number of amides is 2. The minimum atomic E-state index is -0.620. The summed E-state index contributed by atoms with van der Waals surface area (Å²) in [5.41, 5.74) is 1.21. The molecule has 0 saturated carbocycles. The number of carbonyl (C=O) groups is 2. The number of benzene rings is 2. The number of hydrogen-bond donors (Lipinski definition) is 1. The first-order valence-electron chi connectivity index (χ1n) is 7.66.